The van der Waals surface area contributed by atoms with Gasteiger partial charge in [-0.05, 0) is 59.6 Å². The van der Waals surface area contributed by atoms with E-state index in [4.69, 9.17) is 10.5 Å². The Morgan fingerprint density at radius 1 is 1.21 bits per heavy atom. The minimum atomic E-state index is -0.337. The number of rotatable bonds is 10. The molecule has 0 bridgehead atoms. The Bertz CT molecular complexity index is 837. The Balaban J connectivity index is 1.87. The molecule has 0 aliphatic rings. The largest absolute Gasteiger partial charge is 0.399 e. The number of hydrogen-bond donors (Lipinski definition) is 2. The molecule has 0 unspecified atom stereocenters. The number of carbonyl (C=O) groups is 1. The second-order valence-electron chi connectivity index (χ2n) is 8.63. The van der Waals surface area contributed by atoms with Crippen LogP contribution in [0.1, 0.15) is 47.5 Å². The molecule has 0 saturated heterocycles. The van der Waals surface area contributed by atoms with E-state index in [9.17, 15) is 4.79 Å². The van der Waals surface area contributed by atoms with Gasteiger partial charge in [-0.3, -0.25) is 4.79 Å². The minimum absolute atomic E-state index is 0.120. The fourth-order valence-corrected chi connectivity index (χ4v) is 2.74. The van der Waals surface area contributed by atoms with Crippen molar-refractivity contribution < 1.29 is 9.53 Å². The number of nitrogens with one attached hydrogen (secondary N) is 1. The van der Waals surface area contributed by atoms with Gasteiger partial charge < -0.3 is 15.8 Å². The van der Waals surface area contributed by atoms with E-state index in [-0.39, 0.29) is 17.0 Å². The molecule has 1 aromatic heterocycles. The number of anilines is 1. The van der Waals surface area contributed by atoms with E-state index in [0.717, 1.165) is 29.8 Å². The van der Waals surface area contributed by atoms with Gasteiger partial charge >= 0.3 is 0 Å². The summed E-state index contributed by atoms with van der Waals surface area (Å²) in [6.07, 6.45) is 3.44. The lowest BCUT2D eigenvalue weighted by Crippen LogP contribution is -2.35. The summed E-state index contributed by atoms with van der Waals surface area (Å²) in [4.78, 5) is 11.6. The van der Waals surface area contributed by atoms with Gasteiger partial charge in [-0.1, -0.05) is 23.9 Å². The second kappa shape index (κ2) is 9.22. The van der Waals surface area contributed by atoms with E-state index < -0.39 is 0 Å². The Labute approximate surface area is 173 Å². The van der Waals surface area contributed by atoms with Crippen LogP contribution >= 0.6 is 0 Å². The SMILES string of the molecule is C=C(C)C(=O)NCCC(C)(C)OCCC(C)(C)n1cc(-c2ccc(N)cc2)nn1. The summed E-state index contributed by atoms with van der Waals surface area (Å²) in [5.41, 5.74) is 8.19. The van der Waals surface area contributed by atoms with Crippen molar-refractivity contribution in [2.45, 2.75) is 58.6 Å². The van der Waals surface area contributed by atoms with Gasteiger partial charge in [-0.25, -0.2) is 4.68 Å². The molecular formula is C22H33N5O2. The normalized spacial score (nSPS) is 12.0. The fourth-order valence-electron chi connectivity index (χ4n) is 2.74. The topological polar surface area (TPSA) is 95.1 Å². The summed E-state index contributed by atoms with van der Waals surface area (Å²) in [6.45, 7) is 14.7. The zero-order chi connectivity index (χ0) is 21.7. The first-order chi connectivity index (χ1) is 13.5. The van der Waals surface area contributed by atoms with Crippen molar-refractivity contribution in [3.05, 3.63) is 42.6 Å². The highest BCUT2D eigenvalue weighted by atomic mass is 16.5. The lowest BCUT2D eigenvalue weighted by molar-refractivity contribution is -0.117. The Morgan fingerprint density at radius 3 is 2.48 bits per heavy atom. The third-order valence-corrected chi connectivity index (χ3v) is 4.93. The summed E-state index contributed by atoms with van der Waals surface area (Å²) in [7, 11) is 0. The molecule has 2 aromatic rings. The molecule has 0 fully saturated rings. The van der Waals surface area contributed by atoms with E-state index in [2.05, 4.69) is 36.1 Å². The number of aromatic nitrogens is 3. The molecule has 1 heterocycles. The van der Waals surface area contributed by atoms with Crippen molar-refractivity contribution in [1.82, 2.24) is 20.3 Å². The summed E-state index contributed by atoms with van der Waals surface area (Å²) in [5.74, 6) is -0.120. The number of amides is 1. The number of nitrogens with zero attached hydrogens (tertiary/aromatic N) is 3. The van der Waals surface area contributed by atoms with Gasteiger partial charge in [-0.2, -0.15) is 0 Å². The lowest BCUT2D eigenvalue weighted by Gasteiger charge is -2.29. The Kier molecular flexibility index (Phi) is 7.19. The number of ether oxygens (including phenoxy) is 1. The first-order valence-electron chi connectivity index (χ1n) is 9.87. The van der Waals surface area contributed by atoms with E-state index in [0.29, 0.717) is 18.7 Å². The maximum Gasteiger partial charge on any atom is 0.246 e. The quantitative estimate of drug-likeness (QED) is 0.471. The van der Waals surface area contributed by atoms with Gasteiger partial charge in [0.25, 0.3) is 0 Å². The molecule has 158 valence electrons. The van der Waals surface area contributed by atoms with E-state index in [1.807, 2.05) is 49.0 Å². The molecule has 0 saturated carbocycles. The molecule has 1 aromatic carbocycles. The van der Waals surface area contributed by atoms with Crippen LogP contribution in [0.15, 0.2) is 42.6 Å². The molecule has 2 rings (SSSR count). The van der Waals surface area contributed by atoms with Crippen molar-refractivity contribution >= 4 is 11.6 Å². The van der Waals surface area contributed by atoms with Gasteiger partial charge in [0.05, 0.1) is 17.3 Å². The van der Waals surface area contributed by atoms with Crippen LogP contribution in [0.3, 0.4) is 0 Å². The standard InChI is InChI=1S/C22H33N5O2/c1-16(2)20(28)24-13-11-22(5,6)29-14-12-21(3,4)27-15-19(25-26-27)17-7-9-18(23)10-8-17/h7-10,15H,1,11-14,23H2,2-6H3,(H,24,28). The maximum absolute atomic E-state index is 11.6. The second-order valence-corrected chi connectivity index (χ2v) is 8.63. The molecular weight excluding hydrogens is 366 g/mol. The Hall–Kier alpha value is -2.67. The highest BCUT2D eigenvalue weighted by Gasteiger charge is 2.25. The first kappa shape index (κ1) is 22.6. The van der Waals surface area contributed by atoms with Crippen molar-refractivity contribution in [3.8, 4) is 11.3 Å². The van der Waals surface area contributed by atoms with Gasteiger partial charge in [0, 0.05) is 30.0 Å². The third-order valence-electron chi connectivity index (χ3n) is 4.93. The van der Waals surface area contributed by atoms with Crippen LogP contribution in [-0.2, 0) is 15.1 Å². The molecule has 7 heteroatoms. The highest BCUT2D eigenvalue weighted by molar-refractivity contribution is 5.92. The minimum Gasteiger partial charge on any atom is -0.399 e. The van der Waals surface area contributed by atoms with Crippen LogP contribution in [-0.4, -0.2) is 39.7 Å². The zero-order valence-electron chi connectivity index (χ0n) is 18.2. The summed E-state index contributed by atoms with van der Waals surface area (Å²) in [5, 5.41) is 11.4. The average Bonchev–Trinajstić information content (AvgIpc) is 3.12. The van der Waals surface area contributed by atoms with Crippen molar-refractivity contribution in [2.75, 3.05) is 18.9 Å². The van der Waals surface area contributed by atoms with Gasteiger partial charge in [-0.15, -0.1) is 5.10 Å². The smallest absolute Gasteiger partial charge is 0.246 e. The van der Waals surface area contributed by atoms with Crippen LogP contribution in [0.25, 0.3) is 11.3 Å². The monoisotopic (exact) mass is 399 g/mol. The number of hydrogen-bond acceptors (Lipinski definition) is 5. The number of nitrogens with two attached hydrogens (primary N) is 1. The first-order valence-corrected chi connectivity index (χ1v) is 9.87. The molecule has 7 nitrogen and oxygen atoms in total. The predicted octanol–water partition coefficient (Wildman–Crippen LogP) is 3.53. The van der Waals surface area contributed by atoms with Crippen molar-refractivity contribution in [2.24, 2.45) is 0 Å². The molecule has 3 N–H and O–H groups in total. The van der Waals surface area contributed by atoms with Gasteiger partial charge in [0.1, 0.15) is 5.69 Å². The van der Waals surface area contributed by atoms with Crippen molar-refractivity contribution in [3.63, 3.8) is 0 Å². The number of nitrogen functional groups attached to an aromatic ring is 1. The van der Waals surface area contributed by atoms with Crippen LogP contribution in [0, 0.1) is 0 Å². The summed E-state index contributed by atoms with van der Waals surface area (Å²) >= 11 is 0. The molecule has 0 aliphatic heterocycles. The van der Waals surface area contributed by atoms with Crippen molar-refractivity contribution in [1.29, 1.82) is 0 Å². The summed E-state index contributed by atoms with van der Waals surface area (Å²) in [6, 6.07) is 7.59. The maximum atomic E-state index is 11.6. The fraction of sp³-hybridized carbons (Fsp3) is 0.500. The van der Waals surface area contributed by atoms with E-state index in [1.165, 1.54) is 0 Å². The van der Waals surface area contributed by atoms with Crippen LogP contribution in [0.4, 0.5) is 5.69 Å². The molecule has 0 radical (unpaired) electrons. The molecule has 0 atom stereocenters. The lowest BCUT2D eigenvalue weighted by atomic mass is 10.0. The highest BCUT2D eigenvalue weighted by Crippen LogP contribution is 2.24. The zero-order valence-corrected chi connectivity index (χ0v) is 18.2. The Morgan fingerprint density at radius 2 is 1.86 bits per heavy atom. The molecule has 29 heavy (non-hydrogen) atoms. The molecule has 1 amide bonds. The van der Waals surface area contributed by atoms with Crippen LogP contribution in [0.5, 0.6) is 0 Å². The molecule has 0 aliphatic carbocycles. The summed E-state index contributed by atoms with van der Waals surface area (Å²) < 4.78 is 7.96. The van der Waals surface area contributed by atoms with E-state index in [1.54, 1.807) is 6.92 Å². The third kappa shape index (κ3) is 6.71. The average molecular weight is 400 g/mol. The van der Waals surface area contributed by atoms with Gasteiger partial charge in [0.15, 0.2) is 0 Å². The number of carbonyl (C=O) groups excluding carboxylic acids is 1. The van der Waals surface area contributed by atoms with Crippen LogP contribution < -0.4 is 11.1 Å². The predicted molar refractivity (Wildman–Crippen MR) is 116 cm³/mol. The van der Waals surface area contributed by atoms with Gasteiger partial charge in [0.2, 0.25) is 5.91 Å². The number of benzene rings is 1. The molecule has 0 spiro atoms. The van der Waals surface area contributed by atoms with E-state index >= 15 is 0 Å². The van der Waals surface area contributed by atoms with Crippen LogP contribution in [0.2, 0.25) is 0 Å².